The Hall–Kier alpha value is -2.57. The lowest BCUT2D eigenvalue weighted by Crippen LogP contribution is -2.49. The molecule has 2 amide bonds. The molecular weight excluding hydrogens is 380 g/mol. The molecule has 1 aromatic carbocycles. The van der Waals surface area contributed by atoms with E-state index in [0.29, 0.717) is 18.3 Å². The fourth-order valence-corrected chi connectivity index (χ4v) is 4.59. The number of nitrogens with zero attached hydrogens (tertiary/aromatic N) is 3. The number of carbonyl (C=O) groups excluding carboxylic acids is 1. The second kappa shape index (κ2) is 9.96. The number of benzene rings is 1. The van der Waals surface area contributed by atoms with E-state index in [9.17, 15) is 4.79 Å². The highest BCUT2D eigenvalue weighted by Gasteiger charge is 2.29. The molecule has 30 heavy (non-hydrogen) atoms. The molecule has 2 aromatic rings. The molecule has 1 N–H and O–H groups in total. The first-order chi connectivity index (χ1) is 14.7. The monoisotopic (exact) mass is 412 g/mol. The molecule has 2 saturated carbocycles. The number of ether oxygens (including phenoxy) is 1. The van der Waals surface area contributed by atoms with E-state index < -0.39 is 0 Å². The van der Waals surface area contributed by atoms with E-state index >= 15 is 0 Å². The second-order valence-corrected chi connectivity index (χ2v) is 8.44. The van der Waals surface area contributed by atoms with Crippen molar-refractivity contribution in [1.82, 2.24) is 20.4 Å². The van der Waals surface area contributed by atoms with Crippen LogP contribution < -0.4 is 10.1 Å². The fraction of sp³-hybridized carbons (Fsp3) is 0.609. The van der Waals surface area contributed by atoms with E-state index in [1.165, 1.54) is 38.5 Å². The van der Waals surface area contributed by atoms with Crippen molar-refractivity contribution < 1.29 is 14.1 Å². The van der Waals surface area contributed by atoms with E-state index in [0.717, 1.165) is 37.0 Å². The highest BCUT2D eigenvalue weighted by Crippen LogP contribution is 2.26. The van der Waals surface area contributed by atoms with Crippen LogP contribution in [0.4, 0.5) is 4.79 Å². The third-order valence-corrected chi connectivity index (χ3v) is 6.33. The molecule has 2 aliphatic rings. The van der Waals surface area contributed by atoms with Gasteiger partial charge in [0.05, 0.1) is 7.11 Å². The van der Waals surface area contributed by atoms with Gasteiger partial charge in [0.1, 0.15) is 12.3 Å². The molecule has 1 aromatic heterocycles. The van der Waals surface area contributed by atoms with Crippen LogP contribution in [0.5, 0.6) is 5.75 Å². The predicted octanol–water partition coefficient (Wildman–Crippen LogP) is 4.92. The molecule has 162 valence electrons. The van der Waals surface area contributed by atoms with Crippen LogP contribution >= 0.6 is 0 Å². The van der Waals surface area contributed by atoms with Gasteiger partial charge in [-0.1, -0.05) is 43.7 Å². The van der Waals surface area contributed by atoms with Gasteiger partial charge in [-0.25, -0.2) is 4.79 Å². The average molecular weight is 413 g/mol. The number of aromatic nitrogens is 2. The molecule has 0 atom stereocenters. The van der Waals surface area contributed by atoms with Gasteiger partial charge >= 0.3 is 6.03 Å². The van der Waals surface area contributed by atoms with Gasteiger partial charge in [0.15, 0.2) is 0 Å². The minimum absolute atomic E-state index is 0.0120. The number of methoxy groups -OCH3 is 1. The highest BCUT2D eigenvalue weighted by molar-refractivity contribution is 5.75. The molecule has 2 fully saturated rings. The Morgan fingerprint density at radius 2 is 1.73 bits per heavy atom. The summed E-state index contributed by atoms with van der Waals surface area (Å²) in [6, 6.07) is 8.09. The van der Waals surface area contributed by atoms with Crippen molar-refractivity contribution in [3.05, 3.63) is 30.2 Å². The Balaban J connectivity index is 1.46. The number of hydrogen-bond donors (Lipinski definition) is 1. The van der Waals surface area contributed by atoms with Crippen molar-refractivity contribution in [3.8, 4) is 17.1 Å². The molecule has 4 rings (SSSR count). The molecule has 2 aliphatic carbocycles. The normalized spacial score (nSPS) is 18.2. The van der Waals surface area contributed by atoms with Crippen molar-refractivity contribution in [2.24, 2.45) is 0 Å². The van der Waals surface area contributed by atoms with Gasteiger partial charge in [0, 0.05) is 17.6 Å². The van der Waals surface area contributed by atoms with Gasteiger partial charge in [-0.2, -0.15) is 4.98 Å². The van der Waals surface area contributed by atoms with Gasteiger partial charge < -0.3 is 19.5 Å². The number of nitrogens with one attached hydrogen (secondary N) is 1. The van der Waals surface area contributed by atoms with Crippen LogP contribution in [0.3, 0.4) is 0 Å². The zero-order chi connectivity index (χ0) is 20.8. The number of hydrogen-bond acceptors (Lipinski definition) is 5. The van der Waals surface area contributed by atoms with E-state index in [1.807, 2.05) is 29.2 Å². The summed E-state index contributed by atoms with van der Waals surface area (Å²) in [4.78, 5) is 19.7. The second-order valence-electron chi connectivity index (χ2n) is 8.44. The van der Waals surface area contributed by atoms with Crippen molar-refractivity contribution >= 4 is 6.03 Å². The molecule has 7 nitrogen and oxygen atoms in total. The van der Waals surface area contributed by atoms with Crippen LogP contribution in [-0.2, 0) is 6.54 Å². The lowest BCUT2D eigenvalue weighted by Gasteiger charge is -2.35. The molecular formula is C23H32N4O3. The third-order valence-electron chi connectivity index (χ3n) is 6.33. The van der Waals surface area contributed by atoms with Crippen molar-refractivity contribution in [3.63, 3.8) is 0 Å². The largest absolute Gasteiger partial charge is 0.497 e. The standard InChI is InChI=1S/C23H32N4O3/c1-29-20-14-12-17(13-15-20)22-25-21(30-26-22)16-27(19-10-6-3-7-11-19)23(28)24-18-8-4-2-5-9-18/h12-15,18-19H,2-11,16H2,1H3,(H,24,28). The van der Waals surface area contributed by atoms with Gasteiger partial charge in [-0.05, 0) is 49.9 Å². The smallest absolute Gasteiger partial charge is 0.318 e. The van der Waals surface area contributed by atoms with Crippen molar-refractivity contribution in [2.75, 3.05) is 7.11 Å². The Morgan fingerprint density at radius 1 is 1.07 bits per heavy atom. The lowest BCUT2D eigenvalue weighted by atomic mass is 9.94. The molecule has 0 unspecified atom stereocenters. The summed E-state index contributed by atoms with van der Waals surface area (Å²) in [6.45, 7) is 0.354. The third kappa shape index (κ3) is 5.12. The maximum atomic E-state index is 13.2. The van der Waals surface area contributed by atoms with Crippen LogP contribution in [0, 0.1) is 0 Å². The molecule has 0 bridgehead atoms. The zero-order valence-electron chi connectivity index (χ0n) is 17.8. The maximum Gasteiger partial charge on any atom is 0.318 e. The quantitative estimate of drug-likeness (QED) is 0.728. The highest BCUT2D eigenvalue weighted by atomic mass is 16.5. The first-order valence-electron chi connectivity index (χ1n) is 11.3. The van der Waals surface area contributed by atoms with Crippen molar-refractivity contribution in [2.45, 2.75) is 82.8 Å². The maximum absolute atomic E-state index is 13.2. The van der Waals surface area contributed by atoms with Gasteiger partial charge in [-0.15, -0.1) is 0 Å². The van der Waals surface area contributed by atoms with E-state index in [2.05, 4.69) is 15.5 Å². The lowest BCUT2D eigenvalue weighted by molar-refractivity contribution is 0.136. The van der Waals surface area contributed by atoms with E-state index in [-0.39, 0.29) is 18.1 Å². The van der Waals surface area contributed by atoms with Gasteiger partial charge in [-0.3, -0.25) is 0 Å². The fourth-order valence-electron chi connectivity index (χ4n) is 4.59. The summed E-state index contributed by atoms with van der Waals surface area (Å²) in [7, 11) is 1.64. The first-order valence-corrected chi connectivity index (χ1v) is 11.3. The molecule has 1 heterocycles. The van der Waals surface area contributed by atoms with Gasteiger partial charge in [0.2, 0.25) is 11.7 Å². The Bertz CT molecular complexity index is 808. The van der Waals surface area contributed by atoms with E-state index in [1.54, 1.807) is 7.11 Å². The topological polar surface area (TPSA) is 80.5 Å². The Morgan fingerprint density at radius 3 is 2.40 bits per heavy atom. The predicted molar refractivity (Wildman–Crippen MR) is 114 cm³/mol. The van der Waals surface area contributed by atoms with Gasteiger partial charge in [0.25, 0.3) is 0 Å². The SMILES string of the molecule is COc1ccc(-c2noc(CN(C(=O)NC3CCCCC3)C3CCCCC3)n2)cc1. The van der Waals surface area contributed by atoms with Crippen LogP contribution in [0.15, 0.2) is 28.8 Å². The van der Waals surface area contributed by atoms with Crippen molar-refractivity contribution in [1.29, 1.82) is 0 Å². The molecule has 7 heteroatoms. The van der Waals surface area contributed by atoms with Crippen LogP contribution in [0.25, 0.3) is 11.4 Å². The van der Waals surface area contributed by atoms with E-state index in [4.69, 9.17) is 9.26 Å². The Labute approximate surface area is 178 Å². The minimum atomic E-state index is 0.0120. The van der Waals surface area contributed by atoms with Crippen LogP contribution in [-0.4, -0.2) is 40.3 Å². The Kier molecular flexibility index (Phi) is 6.87. The molecule has 0 aliphatic heterocycles. The summed E-state index contributed by atoms with van der Waals surface area (Å²) < 4.78 is 10.7. The number of rotatable bonds is 6. The first kappa shape index (κ1) is 20.7. The van der Waals surface area contributed by atoms with Crippen LogP contribution in [0.2, 0.25) is 0 Å². The summed E-state index contributed by atoms with van der Waals surface area (Å²) in [5.41, 5.74) is 0.863. The minimum Gasteiger partial charge on any atom is -0.497 e. The summed E-state index contributed by atoms with van der Waals surface area (Å²) >= 11 is 0. The summed E-state index contributed by atoms with van der Waals surface area (Å²) in [5, 5.41) is 7.40. The average Bonchev–Trinajstić information content (AvgIpc) is 3.27. The number of carbonyl (C=O) groups is 1. The summed E-state index contributed by atoms with van der Waals surface area (Å²) in [6.07, 6.45) is 11.5. The molecule has 0 saturated heterocycles. The number of urea groups is 1. The molecule has 0 radical (unpaired) electrons. The zero-order valence-corrected chi connectivity index (χ0v) is 17.8. The van der Waals surface area contributed by atoms with Crippen LogP contribution in [0.1, 0.15) is 70.1 Å². The summed E-state index contributed by atoms with van der Waals surface area (Å²) in [5.74, 6) is 1.79. The number of amides is 2. The molecule has 0 spiro atoms.